The number of aromatic nitrogens is 2. The topological polar surface area (TPSA) is 37.8 Å². The molecule has 21 heavy (non-hydrogen) atoms. The minimum atomic E-state index is 0.711. The van der Waals surface area contributed by atoms with Crippen LogP contribution in [-0.4, -0.2) is 17.0 Å². The Hall–Kier alpha value is -1.24. The summed E-state index contributed by atoms with van der Waals surface area (Å²) in [5.41, 5.74) is 1.93. The summed E-state index contributed by atoms with van der Waals surface area (Å²) >= 11 is 8.76. The van der Waals surface area contributed by atoms with Crippen LogP contribution in [0.5, 0.6) is 0 Å². The fourth-order valence-corrected chi connectivity index (χ4v) is 4.04. The Morgan fingerprint density at radius 2 is 1.81 bits per heavy atom. The second-order valence-corrected chi connectivity index (χ2v) is 6.84. The van der Waals surface area contributed by atoms with Crippen LogP contribution in [0.4, 0.5) is 5.82 Å². The van der Waals surface area contributed by atoms with Crippen LogP contribution in [0.3, 0.4) is 0 Å². The molecule has 0 amide bonds. The minimum Gasteiger partial charge on any atom is -0.372 e. The monoisotopic (exact) mass is 423 g/mol. The van der Waals surface area contributed by atoms with E-state index in [2.05, 4.69) is 42.2 Å². The molecule has 0 saturated carbocycles. The largest absolute Gasteiger partial charge is 0.372 e. The number of hydrogen-bond acceptors (Lipinski definition) is 4. The van der Waals surface area contributed by atoms with Gasteiger partial charge in [-0.05, 0) is 43.3 Å². The van der Waals surface area contributed by atoms with Crippen molar-refractivity contribution in [3.8, 4) is 22.0 Å². The molecule has 1 aromatic carbocycles. The van der Waals surface area contributed by atoms with Crippen molar-refractivity contribution in [2.75, 3.05) is 12.4 Å². The lowest BCUT2D eigenvalue weighted by atomic mass is 10.1. The van der Waals surface area contributed by atoms with Crippen LogP contribution >= 0.6 is 43.2 Å². The van der Waals surface area contributed by atoms with Crippen molar-refractivity contribution in [1.82, 2.24) is 9.97 Å². The molecule has 0 aliphatic rings. The van der Waals surface area contributed by atoms with Crippen molar-refractivity contribution in [1.29, 1.82) is 0 Å². The molecule has 0 radical (unpaired) electrons. The van der Waals surface area contributed by atoms with Crippen molar-refractivity contribution < 1.29 is 0 Å². The number of hydrogen-bond donors (Lipinski definition) is 1. The van der Waals surface area contributed by atoms with Crippen LogP contribution < -0.4 is 5.32 Å². The van der Waals surface area contributed by atoms with E-state index in [1.165, 1.54) is 0 Å². The number of halogens is 2. The highest BCUT2D eigenvalue weighted by Crippen LogP contribution is 2.37. The van der Waals surface area contributed by atoms with E-state index < -0.39 is 0 Å². The molecule has 0 aliphatic carbocycles. The predicted molar refractivity (Wildman–Crippen MR) is 95.7 cm³/mol. The van der Waals surface area contributed by atoms with Crippen LogP contribution in [-0.2, 0) is 0 Å². The highest BCUT2D eigenvalue weighted by molar-refractivity contribution is 9.11. The summed E-state index contributed by atoms with van der Waals surface area (Å²) in [6.45, 7) is 0. The molecule has 106 valence electrons. The Kier molecular flexibility index (Phi) is 4.37. The fourth-order valence-electron chi connectivity index (χ4n) is 1.95. The van der Waals surface area contributed by atoms with E-state index in [0.29, 0.717) is 5.82 Å². The molecule has 6 heteroatoms. The second kappa shape index (κ2) is 6.25. The van der Waals surface area contributed by atoms with E-state index in [9.17, 15) is 0 Å². The molecular weight excluding hydrogens is 414 g/mol. The zero-order chi connectivity index (χ0) is 14.8. The summed E-state index contributed by atoms with van der Waals surface area (Å²) in [6, 6.07) is 12.1. The number of nitrogens with one attached hydrogen (secondary N) is 1. The van der Waals surface area contributed by atoms with Gasteiger partial charge in [0.15, 0.2) is 5.82 Å². The lowest BCUT2D eigenvalue weighted by molar-refractivity contribution is 1.16. The molecule has 2 aromatic heterocycles. The predicted octanol–water partition coefficient (Wildman–Crippen LogP) is 5.44. The van der Waals surface area contributed by atoms with Crippen molar-refractivity contribution in [2.24, 2.45) is 0 Å². The summed E-state index contributed by atoms with van der Waals surface area (Å²) in [7, 11) is 1.86. The molecule has 3 rings (SSSR count). The Morgan fingerprint density at radius 3 is 2.43 bits per heavy atom. The zero-order valence-corrected chi connectivity index (χ0v) is 15.1. The average molecular weight is 425 g/mol. The lowest BCUT2D eigenvalue weighted by Crippen LogP contribution is -2.00. The van der Waals surface area contributed by atoms with E-state index >= 15 is 0 Å². The fraction of sp³-hybridized carbons (Fsp3) is 0.0667. The third-order valence-electron chi connectivity index (χ3n) is 2.96. The normalized spacial score (nSPS) is 10.6. The van der Waals surface area contributed by atoms with E-state index in [4.69, 9.17) is 4.98 Å². The van der Waals surface area contributed by atoms with E-state index in [0.717, 1.165) is 30.9 Å². The highest BCUT2D eigenvalue weighted by atomic mass is 79.9. The van der Waals surface area contributed by atoms with Gasteiger partial charge in [-0.2, -0.15) is 0 Å². The molecule has 0 bridgehead atoms. The maximum absolute atomic E-state index is 4.74. The van der Waals surface area contributed by atoms with Gasteiger partial charge >= 0.3 is 0 Å². The number of benzene rings is 1. The quantitative estimate of drug-likeness (QED) is 0.608. The smallest absolute Gasteiger partial charge is 0.173 e. The number of nitrogens with zero attached hydrogens (tertiary/aromatic N) is 2. The third-order valence-corrected chi connectivity index (χ3v) is 5.54. The molecule has 0 fully saturated rings. The summed E-state index contributed by atoms with van der Waals surface area (Å²) in [6.07, 6.45) is 0. The highest BCUT2D eigenvalue weighted by Gasteiger charge is 2.16. The standard InChI is InChI=1S/C15H11Br2N3S/c1-18-14-11(17)12(9-5-3-2-4-6-9)19-15(20-14)13-10(16)7-8-21-13/h2-8H,1H3,(H,18,19,20). The van der Waals surface area contributed by atoms with Crippen LogP contribution in [0.2, 0.25) is 0 Å². The molecule has 1 N–H and O–H groups in total. The molecule has 3 nitrogen and oxygen atoms in total. The SMILES string of the molecule is CNc1nc(-c2sccc2Br)nc(-c2ccccc2)c1Br. The summed E-state index contributed by atoms with van der Waals surface area (Å²) in [5, 5.41) is 5.14. The van der Waals surface area contributed by atoms with Crippen LogP contribution in [0, 0.1) is 0 Å². The lowest BCUT2D eigenvalue weighted by Gasteiger charge is -2.11. The molecule has 2 heterocycles. The first-order valence-electron chi connectivity index (χ1n) is 6.24. The van der Waals surface area contributed by atoms with Crippen LogP contribution in [0.15, 0.2) is 50.7 Å². The number of anilines is 1. The average Bonchev–Trinajstić information content (AvgIpc) is 2.94. The summed E-state index contributed by atoms with van der Waals surface area (Å²) in [4.78, 5) is 10.4. The molecular formula is C15H11Br2N3S. The molecule has 0 unspecified atom stereocenters. The van der Waals surface area contributed by atoms with Gasteiger partial charge in [0.2, 0.25) is 0 Å². The van der Waals surface area contributed by atoms with Gasteiger partial charge in [0.05, 0.1) is 15.0 Å². The molecule has 0 spiro atoms. The molecule has 3 aromatic rings. The first-order chi connectivity index (χ1) is 10.2. The molecule has 0 atom stereocenters. The van der Waals surface area contributed by atoms with E-state index in [-0.39, 0.29) is 0 Å². The maximum Gasteiger partial charge on any atom is 0.173 e. The van der Waals surface area contributed by atoms with Gasteiger partial charge in [0, 0.05) is 17.1 Å². The van der Waals surface area contributed by atoms with Crippen molar-refractivity contribution >= 4 is 49.0 Å². The van der Waals surface area contributed by atoms with Crippen molar-refractivity contribution in [3.63, 3.8) is 0 Å². The van der Waals surface area contributed by atoms with Gasteiger partial charge in [-0.3, -0.25) is 0 Å². The second-order valence-electron chi connectivity index (χ2n) is 4.27. The van der Waals surface area contributed by atoms with Gasteiger partial charge in [-0.1, -0.05) is 30.3 Å². The first kappa shape index (κ1) is 14.7. The van der Waals surface area contributed by atoms with Gasteiger partial charge in [0.25, 0.3) is 0 Å². The number of thiophene rings is 1. The zero-order valence-electron chi connectivity index (χ0n) is 11.1. The van der Waals surface area contributed by atoms with Gasteiger partial charge in [-0.25, -0.2) is 9.97 Å². The summed E-state index contributed by atoms with van der Waals surface area (Å²) in [5.74, 6) is 1.49. The first-order valence-corrected chi connectivity index (χ1v) is 8.71. The van der Waals surface area contributed by atoms with Gasteiger partial charge < -0.3 is 5.32 Å². The molecule has 0 saturated heterocycles. The van der Waals surface area contributed by atoms with Crippen molar-refractivity contribution in [2.45, 2.75) is 0 Å². The number of rotatable bonds is 3. The van der Waals surface area contributed by atoms with Gasteiger partial charge in [-0.15, -0.1) is 11.3 Å². The minimum absolute atomic E-state index is 0.711. The van der Waals surface area contributed by atoms with Crippen molar-refractivity contribution in [3.05, 3.63) is 50.7 Å². The molecule has 0 aliphatic heterocycles. The third kappa shape index (κ3) is 2.88. The Balaban J connectivity index is 2.23. The van der Waals surface area contributed by atoms with Crippen LogP contribution in [0.1, 0.15) is 0 Å². The summed E-state index contributed by atoms with van der Waals surface area (Å²) < 4.78 is 1.88. The maximum atomic E-state index is 4.74. The van der Waals surface area contributed by atoms with E-state index in [1.807, 2.05) is 48.8 Å². The van der Waals surface area contributed by atoms with E-state index in [1.54, 1.807) is 11.3 Å². The Morgan fingerprint density at radius 1 is 1.05 bits per heavy atom. The Bertz CT molecular complexity index is 772. The van der Waals surface area contributed by atoms with Gasteiger partial charge in [0.1, 0.15) is 5.82 Å². The Labute approximate surface area is 143 Å². The van der Waals surface area contributed by atoms with Crippen LogP contribution in [0.25, 0.3) is 22.0 Å².